The zero-order valence-corrected chi connectivity index (χ0v) is 15.8. The van der Waals surface area contributed by atoms with Gasteiger partial charge in [-0.05, 0) is 50.3 Å². The SMILES string of the molecule is Cl.O=S(=O)(c1cccc(Cl)c1Cl)N1CCC(C2CCCN2)CC1. The average Bonchev–Trinajstić information content (AvgIpc) is 3.04. The van der Waals surface area contributed by atoms with E-state index < -0.39 is 10.0 Å². The Morgan fingerprint density at radius 2 is 1.83 bits per heavy atom. The van der Waals surface area contributed by atoms with Gasteiger partial charge in [0.1, 0.15) is 4.90 Å². The third kappa shape index (κ3) is 3.97. The maximum absolute atomic E-state index is 12.8. The predicted octanol–water partition coefficient (Wildman–Crippen LogP) is 3.57. The van der Waals surface area contributed by atoms with Gasteiger partial charge in [0, 0.05) is 19.1 Å². The molecular formula is C15H21Cl3N2O2S. The van der Waals surface area contributed by atoms with E-state index in [1.54, 1.807) is 12.1 Å². The molecule has 1 unspecified atom stereocenters. The Labute approximate surface area is 154 Å². The van der Waals surface area contributed by atoms with Crippen molar-refractivity contribution in [1.29, 1.82) is 0 Å². The highest BCUT2D eigenvalue weighted by molar-refractivity contribution is 7.89. The molecule has 0 bridgehead atoms. The van der Waals surface area contributed by atoms with Crippen molar-refractivity contribution in [1.82, 2.24) is 9.62 Å². The van der Waals surface area contributed by atoms with Crippen LogP contribution in [-0.2, 0) is 10.0 Å². The number of rotatable bonds is 3. The monoisotopic (exact) mass is 398 g/mol. The highest BCUT2D eigenvalue weighted by atomic mass is 35.5. The molecule has 3 rings (SSSR count). The number of halogens is 3. The minimum absolute atomic E-state index is 0. The number of nitrogens with zero attached hydrogens (tertiary/aromatic N) is 1. The van der Waals surface area contributed by atoms with Crippen molar-refractivity contribution in [2.24, 2.45) is 5.92 Å². The van der Waals surface area contributed by atoms with Gasteiger partial charge >= 0.3 is 0 Å². The van der Waals surface area contributed by atoms with Gasteiger partial charge in [-0.25, -0.2) is 8.42 Å². The molecule has 0 saturated carbocycles. The minimum Gasteiger partial charge on any atom is -0.314 e. The summed E-state index contributed by atoms with van der Waals surface area (Å²) in [7, 11) is -3.57. The van der Waals surface area contributed by atoms with Crippen molar-refractivity contribution in [2.45, 2.75) is 36.6 Å². The van der Waals surface area contributed by atoms with Crippen LogP contribution in [0.25, 0.3) is 0 Å². The highest BCUT2D eigenvalue weighted by Crippen LogP contribution is 2.33. The molecule has 1 aromatic rings. The second-order valence-corrected chi connectivity index (χ2v) is 8.69. The van der Waals surface area contributed by atoms with E-state index in [1.165, 1.54) is 23.2 Å². The molecule has 1 atom stereocenters. The van der Waals surface area contributed by atoms with E-state index in [0.717, 1.165) is 19.4 Å². The molecule has 2 aliphatic heterocycles. The lowest BCUT2D eigenvalue weighted by Crippen LogP contribution is -2.43. The second kappa shape index (κ2) is 7.89. The summed E-state index contributed by atoms with van der Waals surface area (Å²) in [5, 5.41) is 3.91. The fourth-order valence-electron chi connectivity index (χ4n) is 3.45. The number of piperidine rings is 1. The van der Waals surface area contributed by atoms with Crippen LogP contribution in [0.3, 0.4) is 0 Å². The molecule has 0 spiro atoms. The van der Waals surface area contributed by atoms with Crippen LogP contribution in [0, 0.1) is 5.92 Å². The molecule has 0 aliphatic carbocycles. The number of hydrogen-bond acceptors (Lipinski definition) is 3. The van der Waals surface area contributed by atoms with Crippen molar-refractivity contribution in [3.8, 4) is 0 Å². The van der Waals surface area contributed by atoms with Gasteiger partial charge in [-0.3, -0.25) is 0 Å². The molecule has 0 amide bonds. The summed E-state index contributed by atoms with van der Waals surface area (Å²) in [6.45, 7) is 2.18. The molecule has 4 nitrogen and oxygen atoms in total. The number of sulfonamides is 1. The van der Waals surface area contributed by atoms with Crippen molar-refractivity contribution in [3.05, 3.63) is 28.2 Å². The first-order chi connectivity index (χ1) is 10.5. The Bertz CT molecular complexity index is 640. The average molecular weight is 400 g/mol. The molecule has 2 fully saturated rings. The normalized spacial score (nSPS) is 23.7. The fourth-order valence-corrected chi connectivity index (χ4v) is 5.66. The Morgan fingerprint density at radius 3 is 2.43 bits per heavy atom. The molecule has 23 heavy (non-hydrogen) atoms. The van der Waals surface area contributed by atoms with E-state index in [1.807, 2.05) is 0 Å². The molecule has 1 N–H and O–H groups in total. The lowest BCUT2D eigenvalue weighted by Gasteiger charge is -2.34. The van der Waals surface area contributed by atoms with E-state index in [0.29, 0.717) is 25.0 Å². The van der Waals surface area contributed by atoms with Crippen molar-refractivity contribution >= 4 is 45.6 Å². The lowest BCUT2D eigenvalue weighted by molar-refractivity contribution is 0.234. The van der Waals surface area contributed by atoms with Crippen molar-refractivity contribution in [2.75, 3.05) is 19.6 Å². The van der Waals surface area contributed by atoms with Gasteiger partial charge in [-0.15, -0.1) is 12.4 Å². The number of hydrogen-bond donors (Lipinski definition) is 1. The largest absolute Gasteiger partial charge is 0.314 e. The van der Waals surface area contributed by atoms with E-state index in [4.69, 9.17) is 23.2 Å². The third-order valence-corrected chi connectivity index (χ3v) is 7.57. The van der Waals surface area contributed by atoms with Crippen molar-refractivity contribution < 1.29 is 8.42 Å². The summed E-state index contributed by atoms with van der Waals surface area (Å²) >= 11 is 12.0. The first kappa shape index (κ1) is 19.3. The molecular weight excluding hydrogens is 379 g/mol. The van der Waals surface area contributed by atoms with Gasteiger partial charge < -0.3 is 5.32 Å². The van der Waals surface area contributed by atoms with Crippen LogP contribution < -0.4 is 5.32 Å². The van der Waals surface area contributed by atoms with Crippen LogP contribution >= 0.6 is 35.6 Å². The molecule has 130 valence electrons. The number of nitrogens with one attached hydrogen (secondary N) is 1. The third-order valence-electron chi connectivity index (χ3n) is 4.70. The van der Waals surface area contributed by atoms with Crippen molar-refractivity contribution in [3.63, 3.8) is 0 Å². The van der Waals surface area contributed by atoms with E-state index in [9.17, 15) is 8.42 Å². The zero-order chi connectivity index (χ0) is 15.7. The molecule has 0 aromatic heterocycles. The maximum atomic E-state index is 12.8. The maximum Gasteiger partial charge on any atom is 0.244 e. The summed E-state index contributed by atoms with van der Waals surface area (Å²) in [5.41, 5.74) is 0. The smallest absolute Gasteiger partial charge is 0.244 e. The predicted molar refractivity (Wildman–Crippen MR) is 96.2 cm³/mol. The van der Waals surface area contributed by atoms with E-state index in [-0.39, 0.29) is 27.3 Å². The topological polar surface area (TPSA) is 49.4 Å². The first-order valence-electron chi connectivity index (χ1n) is 7.67. The molecule has 2 saturated heterocycles. The first-order valence-corrected chi connectivity index (χ1v) is 9.87. The molecule has 8 heteroatoms. The van der Waals surface area contributed by atoms with Gasteiger partial charge in [-0.2, -0.15) is 4.31 Å². The lowest BCUT2D eigenvalue weighted by atomic mass is 9.89. The Morgan fingerprint density at radius 1 is 1.13 bits per heavy atom. The highest BCUT2D eigenvalue weighted by Gasteiger charge is 2.34. The van der Waals surface area contributed by atoms with Crippen LogP contribution in [-0.4, -0.2) is 38.4 Å². The number of benzene rings is 1. The van der Waals surface area contributed by atoms with Gasteiger partial charge in [0.2, 0.25) is 10.0 Å². The van der Waals surface area contributed by atoms with Gasteiger partial charge in [0.05, 0.1) is 10.0 Å². The molecule has 1 aromatic carbocycles. The summed E-state index contributed by atoms with van der Waals surface area (Å²) in [6.07, 6.45) is 4.23. The Kier molecular flexibility index (Phi) is 6.62. The second-order valence-electron chi connectivity index (χ2n) is 6.00. The van der Waals surface area contributed by atoms with Crippen LogP contribution in [0.2, 0.25) is 10.0 Å². The van der Waals surface area contributed by atoms with E-state index in [2.05, 4.69) is 5.32 Å². The zero-order valence-electron chi connectivity index (χ0n) is 12.7. The molecule has 2 heterocycles. The quantitative estimate of drug-likeness (QED) is 0.845. The molecule has 2 aliphatic rings. The minimum atomic E-state index is -3.57. The van der Waals surface area contributed by atoms with E-state index >= 15 is 0 Å². The summed E-state index contributed by atoms with van der Waals surface area (Å²) in [6, 6.07) is 5.30. The van der Waals surface area contributed by atoms with Gasteiger partial charge in [0.25, 0.3) is 0 Å². The Balaban J connectivity index is 0.00000192. The summed E-state index contributed by atoms with van der Waals surface area (Å²) in [4.78, 5) is 0.110. The summed E-state index contributed by atoms with van der Waals surface area (Å²) in [5.74, 6) is 0.573. The van der Waals surface area contributed by atoms with Crippen LogP contribution in [0.15, 0.2) is 23.1 Å². The van der Waals surface area contributed by atoms with Crippen LogP contribution in [0.4, 0.5) is 0 Å². The fraction of sp³-hybridized carbons (Fsp3) is 0.600. The molecule has 0 radical (unpaired) electrons. The van der Waals surface area contributed by atoms with Gasteiger partial charge in [-0.1, -0.05) is 29.3 Å². The standard InChI is InChI=1S/C15H20Cl2N2O2S.ClH/c16-12-3-1-5-14(15(12)17)22(20,21)19-9-6-11(7-10-19)13-4-2-8-18-13;/h1,3,5,11,13,18H,2,4,6-10H2;1H. The Hall–Kier alpha value is -0.0400. The van der Waals surface area contributed by atoms with Gasteiger partial charge in [0.15, 0.2) is 0 Å². The van der Waals surface area contributed by atoms with Crippen LogP contribution in [0.1, 0.15) is 25.7 Å². The summed E-state index contributed by atoms with van der Waals surface area (Å²) < 4.78 is 27.0. The van der Waals surface area contributed by atoms with Crippen LogP contribution in [0.5, 0.6) is 0 Å².